The lowest BCUT2D eigenvalue weighted by molar-refractivity contribution is 0.600. The Morgan fingerprint density at radius 2 is 1.74 bits per heavy atom. The summed E-state index contributed by atoms with van der Waals surface area (Å²) in [6.07, 6.45) is 3.51. The van der Waals surface area contributed by atoms with Crippen LogP contribution in [0.2, 0.25) is 0 Å². The van der Waals surface area contributed by atoms with Crippen molar-refractivity contribution in [3.05, 3.63) is 77.9 Å². The standard InChI is InChI=1S/C16H13FN2/c17-15-7-2-1-5-14(15)16(18)13-6-3-4-11-10-19-9-8-12(11)13/h1-10,16H,18H2. The number of hydrogen-bond donors (Lipinski definition) is 1. The summed E-state index contributed by atoms with van der Waals surface area (Å²) in [5.74, 6) is -0.277. The van der Waals surface area contributed by atoms with Gasteiger partial charge in [0.25, 0.3) is 0 Å². The monoisotopic (exact) mass is 252 g/mol. The molecule has 0 fully saturated rings. The van der Waals surface area contributed by atoms with E-state index in [1.165, 1.54) is 6.07 Å². The molecule has 0 amide bonds. The summed E-state index contributed by atoms with van der Waals surface area (Å²) >= 11 is 0. The Hall–Kier alpha value is -2.26. The zero-order valence-corrected chi connectivity index (χ0v) is 10.3. The molecule has 2 nitrogen and oxygen atoms in total. The van der Waals surface area contributed by atoms with E-state index in [1.807, 2.05) is 24.3 Å². The number of hydrogen-bond acceptors (Lipinski definition) is 2. The highest BCUT2D eigenvalue weighted by molar-refractivity contribution is 5.85. The minimum Gasteiger partial charge on any atom is -0.320 e. The fourth-order valence-electron chi connectivity index (χ4n) is 2.31. The van der Waals surface area contributed by atoms with Crippen LogP contribution in [0.1, 0.15) is 17.2 Å². The van der Waals surface area contributed by atoms with Crippen LogP contribution in [0.25, 0.3) is 10.8 Å². The van der Waals surface area contributed by atoms with E-state index in [9.17, 15) is 4.39 Å². The third-order valence-corrected chi connectivity index (χ3v) is 3.29. The Morgan fingerprint density at radius 1 is 0.947 bits per heavy atom. The third-order valence-electron chi connectivity index (χ3n) is 3.29. The summed E-state index contributed by atoms with van der Waals surface area (Å²) in [5.41, 5.74) is 7.64. The molecule has 3 rings (SSSR count). The second kappa shape index (κ2) is 4.78. The molecular formula is C16H13FN2. The minimum absolute atomic E-state index is 0.277. The number of nitrogens with two attached hydrogens (primary N) is 1. The number of benzene rings is 2. The summed E-state index contributed by atoms with van der Waals surface area (Å²) in [6, 6.07) is 13.9. The van der Waals surface area contributed by atoms with Crippen LogP contribution in [0, 0.1) is 5.82 Å². The number of rotatable bonds is 2. The lowest BCUT2D eigenvalue weighted by Gasteiger charge is -2.15. The van der Waals surface area contributed by atoms with Gasteiger partial charge in [-0.15, -0.1) is 0 Å². The molecule has 0 saturated heterocycles. The lowest BCUT2D eigenvalue weighted by atomic mass is 9.95. The molecule has 0 saturated carbocycles. The molecule has 0 bridgehead atoms. The van der Waals surface area contributed by atoms with Crippen molar-refractivity contribution in [3.63, 3.8) is 0 Å². The normalized spacial score (nSPS) is 12.5. The van der Waals surface area contributed by atoms with E-state index in [0.717, 1.165) is 16.3 Å². The molecule has 0 aliphatic carbocycles. The summed E-state index contributed by atoms with van der Waals surface area (Å²) in [7, 11) is 0. The molecule has 0 spiro atoms. The van der Waals surface area contributed by atoms with Crippen LogP contribution in [0.5, 0.6) is 0 Å². The number of aromatic nitrogens is 1. The van der Waals surface area contributed by atoms with Crippen LogP contribution in [-0.4, -0.2) is 4.98 Å². The van der Waals surface area contributed by atoms with Crippen molar-refractivity contribution in [1.82, 2.24) is 4.98 Å². The fraction of sp³-hybridized carbons (Fsp3) is 0.0625. The van der Waals surface area contributed by atoms with E-state index in [4.69, 9.17) is 5.73 Å². The van der Waals surface area contributed by atoms with Crippen molar-refractivity contribution in [2.45, 2.75) is 6.04 Å². The average molecular weight is 252 g/mol. The highest BCUT2D eigenvalue weighted by Gasteiger charge is 2.15. The van der Waals surface area contributed by atoms with Crippen molar-refractivity contribution < 1.29 is 4.39 Å². The summed E-state index contributed by atoms with van der Waals surface area (Å²) in [5, 5.41) is 2.01. The lowest BCUT2D eigenvalue weighted by Crippen LogP contribution is -2.14. The van der Waals surface area contributed by atoms with Crippen LogP contribution in [0.15, 0.2) is 60.9 Å². The highest BCUT2D eigenvalue weighted by atomic mass is 19.1. The molecular weight excluding hydrogens is 239 g/mol. The fourth-order valence-corrected chi connectivity index (χ4v) is 2.31. The predicted molar refractivity (Wildman–Crippen MR) is 74.2 cm³/mol. The molecule has 0 aliphatic heterocycles. The van der Waals surface area contributed by atoms with E-state index in [1.54, 1.807) is 30.6 Å². The quantitative estimate of drug-likeness (QED) is 0.759. The van der Waals surface area contributed by atoms with Crippen LogP contribution < -0.4 is 5.73 Å². The van der Waals surface area contributed by atoms with Crippen LogP contribution in [-0.2, 0) is 0 Å². The predicted octanol–water partition coefficient (Wildman–Crippen LogP) is 3.42. The molecule has 2 aromatic carbocycles. The Morgan fingerprint density at radius 3 is 2.58 bits per heavy atom. The maximum absolute atomic E-state index is 13.8. The molecule has 1 heterocycles. The second-order valence-electron chi connectivity index (χ2n) is 4.44. The Bertz CT molecular complexity index is 719. The van der Waals surface area contributed by atoms with Crippen LogP contribution >= 0.6 is 0 Å². The van der Waals surface area contributed by atoms with Gasteiger partial charge >= 0.3 is 0 Å². The van der Waals surface area contributed by atoms with Gasteiger partial charge in [-0.05, 0) is 23.1 Å². The first-order valence-corrected chi connectivity index (χ1v) is 6.10. The van der Waals surface area contributed by atoms with E-state index in [-0.39, 0.29) is 5.82 Å². The highest BCUT2D eigenvalue weighted by Crippen LogP contribution is 2.27. The topological polar surface area (TPSA) is 38.9 Å². The van der Waals surface area contributed by atoms with Gasteiger partial charge in [0.1, 0.15) is 5.82 Å². The summed E-state index contributed by atoms with van der Waals surface area (Å²) in [4.78, 5) is 4.09. The van der Waals surface area contributed by atoms with E-state index < -0.39 is 6.04 Å². The molecule has 0 radical (unpaired) electrons. The van der Waals surface area contributed by atoms with Crippen molar-refractivity contribution in [3.8, 4) is 0 Å². The molecule has 0 aliphatic rings. The van der Waals surface area contributed by atoms with Gasteiger partial charge in [0.2, 0.25) is 0 Å². The molecule has 19 heavy (non-hydrogen) atoms. The Labute approximate surface area is 110 Å². The van der Waals surface area contributed by atoms with Crippen molar-refractivity contribution >= 4 is 10.8 Å². The zero-order chi connectivity index (χ0) is 13.2. The first-order chi connectivity index (χ1) is 9.27. The van der Waals surface area contributed by atoms with Crippen LogP contribution in [0.4, 0.5) is 4.39 Å². The van der Waals surface area contributed by atoms with Gasteiger partial charge < -0.3 is 5.73 Å². The maximum atomic E-state index is 13.8. The smallest absolute Gasteiger partial charge is 0.128 e. The van der Waals surface area contributed by atoms with Crippen molar-refractivity contribution in [1.29, 1.82) is 0 Å². The summed E-state index contributed by atoms with van der Waals surface area (Å²) in [6.45, 7) is 0. The SMILES string of the molecule is NC(c1ccccc1F)c1cccc2cnccc12. The molecule has 3 aromatic rings. The molecule has 1 aromatic heterocycles. The van der Waals surface area contributed by atoms with Gasteiger partial charge in [0.05, 0.1) is 6.04 Å². The number of fused-ring (bicyclic) bond motifs is 1. The minimum atomic E-state index is -0.479. The second-order valence-corrected chi connectivity index (χ2v) is 4.44. The molecule has 94 valence electrons. The number of halogens is 1. The van der Waals surface area contributed by atoms with Crippen LogP contribution in [0.3, 0.4) is 0 Å². The Balaban J connectivity index is 2.17. The van der Waals surface area contributed by atoms with Gasteiger partial charge in [-0.2, -0.15) is 0 Å². The van der Waals surface area contributed by atoms with E-state index in [2.05, 4.69) is 4.98 Å². The van der Waals surface area contributed by atoms with Gasteiger partial charge in [0.15, 0.2) is 0 Å². The van der Waals surface area contributed by atoms with E-state index in [0.29, 0.717) is 5.56 Å². The van der Waals surface area contributed by atoms with Gasteiger partial charge in [-0.1, -0.05) is 36.4 Å². The molecule has 1 unspecified atom stereocenters. The molecule has 3 heteroatoms. The van der Waals surface area contributed by atoms with Gasteiger partial charge in [-0.25, -0.2) is 4.39 Å². The Kier molecular flexibility index (Phi) is 2.97. The van der Waals surface area contributed by atoms with Gasteiger partial charge in [-0.3, -0.25) is 4.98 Å². The van der Waals surface area contributed by atoms with Crippen molar-refractivity contribution in [2.75, 3.05) is 0 Å². The first-order valence-electron chi connectivity index (χ1n) is 6.10. The van der Waals surface area contributed by atoms with E-state index >= 15 is 0 Å². The molecule has 2 N–H and O–H groups in total. The van der Waals surface area contributed by atoms with Crippen molar-refractivity contribution in [2.24, 2.45) is 5.73 Å². The average Bonchev–Trinajstić information content (AvgIpc) is 2.46. The maximum Gasteiger partial charge on any atom is 0.128 e. The third kappa shape index (κ3) is 2.09. The largest absolute Gasteiger partial charge is 0.320 e. The number of pyridine rings is 1. The number of nitrogens with zero attached hydrogens (tertiary/aromatic N) is 1. The first kappa shape index (κ1) is 11.8. The van der Waals surface area contributed by atoms with Gasteiger partial charge in [0, 0.05) is 23.3 Å². The molecule has 1 atom stereocenters. The summed E-state index contributed by atoms with van der Waals surface area (Å²) < 4.78 is 13.8. The zero-order valence-electron chi connectivity index (χ0n) is 10.3.